The second-order valence-corrected chi connectivity index (χ2v) is 8.75. The summed E-state index contributed by atoms with van der Waals surface area (Å²) in [5, 5.41) is 13.8. The number of nitrogens with one attached hydrogen (secondary N) is 1. The molecule has 2 aliphatic heterocycles. The maximum atomic E-state index is 12.6. The van der Waals surface area contributed by atoms with Crippen molar-refractivity contribution in [3.63, 3.8) is 0 Å². The van der Waals surface area contributed by atoms with Crippen molar-refractivity contribution in [3.8, 4) is 0 Å². The van der Waals surface area contributed by atoms with Crippen molar-refractivity contribution in [2.45, 2.75) is 25.4 Å². The first-order valence-electron chi connectivity index (χ1n) is 10.4. The van der Waals surface area contributed by atoms with E-state index in [0.717, 1.165) is 11.3 Å². The molecule has 2 aromatic carbocycles. The molecule has 9 nitrogen and oxygen atoms in total. The fourth-order valence-electron chi connectivity index (χ4n) is 4.07. The van der Waals surface area contributed by atoms with Crippen LogP contribution in [0.15, 0.2) is 59.1 Å². The molecule has 1 fully saturated rings. The van der Waals surface area contributed by atoms with Crippen molar-refractivity contribution in [2.75, 3.05) is 18.4 Å². The van der Waals surface area contributed by atoms with Gasteiger partial charge in [-0.2, -0.15) is 0 Å². The third-order valence-electron chi connectivity index (χ3n) is 5.88. The minimum absolute atomic E-state index is 0.0328. The van der Waals surface area contributed by atoms with Gasteiger partial charge in [0.2, 0.25) is 5.91 Å². The maximum absolute atomic E-state index is 12.6. The summed E-state index contributed by atoms with van der Waals surface area (Å²) >= 11 is 3.08. The van der Waals surface area contributed by atoms with Crippen LogP contribution in [-0.4, -0.2) is 51.6 Å². The third-order valence-corrected chi connectivity index (χ3v) is 6.52. The average Bonchev–Trinajstić information content (AvgIpc) is 2.81. The summed E-state index contributed by atoms with van der Waals surface area (Å²) in [6, 6.07) is 11.6. The van der Waals surface area contributed by atoms with Crippen LogP contribution >= 0.6 is 15.9 Å². The number of carbonyl (C=O) groups is 3. The molecule has 0 aromatic heterocycles. The van der Waals surface area contributed by atoms with Gasteiger partial charge in [0, 0.05) is 49.1 Å². The van der Waals surface area contributed by atoms with Crippen molar-refractivity contribution in [1.29, 1.82) is 0 Å². The molecule has 1 N–H and O–H groups in total. The molecule has 2 heterocycles. The number of fused-ring (bicyclic) bond motifs is 1. The van der Waals surface area contributed by atoms with Gasteiger partial charge in [-0.15, -0.1) is 0 Å². The minimum Gasteiger partial charge on any atom is -0.339 e. The number of hydrogen-bond donors (Lipinski definition) is 1. The van der Waals surface area contributed by atoms with Gasteiger partial charge in [-0.25, -0.2) is 4.79 Å². The minimum atomic E-state index is -0.548. The number of likely N-dealkylation sites (tertiary alicyclic amines) is 1. The van der Waals surface area contributed by atoms with Crippen LogP contribution in [0.25, 0.3) is 0 Å². The van der Waals surface area contributed by atoms with E-state index >= 15 is 0 Å². The molecule has 2 aliphatic rings. The number of benzene rings is 2. The zero-order valence-electron chi connectivity index (χ0n) is 17.6. The number of carbonyl (C=O) groups excluding carboxylic acids is 3. The number of nitro benzene ring substituents is 1. The molecule has 2 aromatic rings. The van der Waals surface area contributed by atoms with Crippen molar-refractivity contribution < 1.29 is 19.3 Å². The van der Waals surface area contributed by atoms with Gasteiger partial charge < -0.3 is 15.1 Å². The molecule has 33 heavy (non-hydrogen) atoms. The number of urea groups is 1. The molecular formula is C23H21BrN4O5. The number of rotatable bonds is 5. The quantitative estimate of drug-likeness (QED) is 0.280. The topological polar surface area (TPSA) is 113 Å². The molecule has 170 valence electrons. The molecule has 0 spiro atoms. The number of nitro groups is 1. The molecule has 0 atom stereocenters. The van der Waals surface area contributed by atoms with E-state index in [1.54, 1.807) is 4.90 Å². The Balaban J connectivity index is 1.33. The number of para-hydroxylation sites is 1. The zero-order chi connectivity index (χ0) is 23.5. The Morgan fingerprint density at radius 3 is 2.55 bits per heavy atom. The summed E-state index contributed by atoms with van der Waals surface area (Å²) in [7, 11) is 0. The van der Waals surface area contributed by atoms with Gasteiger partial charge in [-0.05, 0) is 58.6 Å². The van der Waals surface area contributed by atoms with Crippen LogP contribution in [0.5, 0.6) is 0 Å². The molecule has 3 amide bonds. The first-order valence-corrected chi connectivity index (χ1v) is 11.2. The lowest BCUT2D eigenvalue weighted by atomic mass is 10.0. The van der Waals surface area contributed by atoms with Crippen molar-refractivity contribution in [1.82, 2.24) is 9.80 Å². The molecule has 0 saturated carbocycles. The molecule has 4 rings (SSSR count). The van der Waals surface area contributed by atoms with Gasteiger partial charge in [-0.3, -0.25) is 19.7 Å². The second-order valence-electron chi connectivity index (χ2n) is 7.89. The number of hydrogen-bond acceptors (Lipinski definition) is 5. The average molecular weight is 513 g/mol. The first kappa shape index (κ1) is 22.7. The number of halogens is 1. The number of amides is 3. The smallest absolute Gasteiger partial charge is 0.322 e. The van der Waals surface area contributed by atoms with Gasteiger partial charge in [0.1, 0.15) is 0 Å². The number of allylic oxidation sites excluding steroid dienone is 1. The van der Waals surface area contributed by atoms with Crippen molar-refractivity contribution >= 4 is 45.0 Å². The van der Waals surface area contributed by atoms with Crippen LogP contribution in [0.2, 0.25) is 0 Å². The van der Waals surface area contributed by atoms with Gasteiger partial charge in [0.15, 0.2) is 5.78 Å². The highest BCUT2D eigenvalue weighted by molar-refractivity contribution is 9.10. The van der Waals surface area contributed by atoms with Crippen LogP contribution in [0, 0.1) is 10.1 Å². The van der Waals surface area contributed by atoms with E-state index in [4.69, 9.17) is 0 Å². The number of ketones is 1. The second kappa shape index (κ2) is 9.53. The summed E-state index contributed by atoms with van der Waals surface area (Å²) in [6.07, 6.45) is 3.70. The fourth-order valence-corrected chi connectivity index (χ4v) is 4.60. The van der Waals surface area contributed by atoms with E-state index in [0.29, 0.717) is 32.5 Å². The van der Waals surface area contributed by atoms with Gasteiger partial charge in [0.05, 0.1) is 9.40 Å². The first-order chi connectivity index (χ1) is 15.8. The molecule has 1 saturated heterocycles. The number of anilines is 1. The van der Waals surface area contributed by atoms with E-state index in [-0.39, 0.29) is 33.7 Å². The van der Waals surface area contributed by atoms with Gasteiger partial charge in [-0.1, -0.05) is 18.2 Å². The largest absolute Gasteiger partial charge is 0.339 e. The Labute approximate surface area is 198 Å². The Hall–Kier alpha value is -3.53. The highest BCUT2D eigenvalue weighted by atomic mass is 79.9. The lowest BCUT2D eigenvalue weighted by Gasteiger charge is -2.40. The molecule has 10 heteroatoms. The summed E-state index contributed by atoms with van der Waals surface area (Å²) in [5.74, 6) is -0.700. The molecule has 0 aliphatic carbocycles. The fraction of sp³-hybridized carbons (Fsp3) is 0.261. The summed E-state index contributed by atoms with van der Waals surface area (Å²) in [4.78, 5) is 51.2. The number of piperidine rings is 1. The lowest BCUT2D eigenvalue weighted by molar-refractivity contribution is -0.385. The van der Waals surface area contributed by atoms with Crippen LogP contribution in [0.4, 0.5) is 16.2 Å². The standard InChI is InChI=1S/C23H21BrN4O5/c24-18-13-15(5-6-20(18)28(32)33)21(29)7-8-22(30)26-11-9-17(10-12-26)27-14-16-3-1-2-4-19(16)25-23(27)31/h1-8,13,17H,9-12,14H2,(H,25,31)/b8-7+. The maximum Gasteiger partial charge on any atom is 0.322 e. The van der Waals surface area contributed by atoms with Crippen molar-refractivity contribution in [2.24, 2.45) is 0 Å². The van der Waals surface area contributed by atoms with E-state index < -0.39 is 10.7 Å². The normalized spacial score (nSPS) is 16.5. The summed E-state index contributed by atoms with van der Waals surface area (Å²) in [5.41, 5.74) is 2.00. The van der Waals surface area contributed by atoms with E-state index in [2.05, 4.69) is 21.2 Å². The Kier molecular flexibility index (Phi) is 6.55. The molecular weight excluding hydrogens is 492 g/mol. The Bertz CT molecular complexity index is 1160. The monoisotopic (exact) mass is 512 g/mol. The molecule has 0 radical (unpaired) electrons. The highest BCUT2D eigenvalue weighted by Gasteiger charge is 2.32. The van der Waals surface area contributed by atoms with Crippen LogP contribution in [0.1, 0.15) is 28.8 Å². The van der Waals surface area contributed by atoms with Crippen LogP contribution in [-0.2, 0) is 11.3 Å². The molecule has 0 unspecified atom stereocenters. The lowest BCUT2D eigenvalue weighted by Crippen LogP contribution is -2.50. The third kappa shape index (κ3) is 4.95. The van der Waals surface area contributed by atoms with E-state index in [9.17, 15) is 24.5 Å². The Morgan fingerprint density at radius 1 is 1.12 bits per heavy atom. The molecule has 0 bridgehead atoms. The Morgan fingerprint density at radius 2 is 1.85 bits per heavy atom. The summed E-state index contributed by atoms with van der Waals surface area (Å²) in [6.45, 7) is 1.51. The predicted molar refractivity (Wildman–Crippen MR) is 125 cm³/mol. The highest BCUT2D eigenvalue weighted by Crippen LogP contribution is 2.28. The van der Waals surface area contributed by atoms with E-state index in [1.165, 1.54) is 30.4 Å². The summed E-state index contributed by atoms with van der Waals surface area (Å²) < 4.78 is 0.199. The zero-order valence-corrected chi connectivity index (χ0v) is 19.2. The van der Waals surface area contributed by atoms with Crippen LogP contribution < -0.4 is 5.32 Å². The predicted octanol–water partition coefficient (Wildman–Crippen LogP) is 4.13. The number of nitrogens with zero attached hydrogens (tertiary/aromatic N) is 3. The van der Waals surface area contributed by atoms with Crippen LogP contribution in [0.3, 0.4) is 0 Å². The van der Waals surface area contributed by atoms with Crippen molar-refractivity contribution in [3.05, 3.63) is 80.3 Å². The SMILES string of the molecule is O=C(/C=C/C(=O)N1CCC(N2Cc3ccccc3NC2=O)CC1)c1ccc([N+](=O)[O-])c(Br)c1. The van der Waals surface area contributed by atoms with E-state index in [1.807, 2.05) is 29.2 Å². The van der Waals surface area contributed by atoms with Gasteiger partial charge in [0.25, 0.3) is 5.69 Å². The van der Waals surface area contributed by atoms with Gasteiger partial charge >= 0.3 is 6.03 Å².